The van der Waals surface area contributed by atoms with Crippen molar-refractivity contribution < 1.29 is 23.5 Å². The molecule has 4 aromatic rings. The van der Waals surface area contributed by atoms with E-state index in [4.69, 9.17) is 13.9 Å². The third-order valence-corrected chi connectivity index (χ3v) is 8.30. The zero-order valence-corrected chi connectivity index (χ0v) is 25.5. The minimum absolute atomic E-state index is 0.287. The fourth-order valence-corrected chi connectivity index (χ4v) is 6.13. The van der Waals surface area contributed by atoms with Gasteiger partial charge in [0.2, 0.25) is 0 Å². The van der Waals surface area contributed by atoms with Crippen LogP contribution in [-0.4, -0.2) is 35.5 Å². The number of fused-ring (bicyclic) bond motifs is 1. The van der Waals surface area contributed by atoms with E-state index in [1.165, 1.54) is 11.3 Å². The van der Waals surface area contributed by atoms with Crippen molar-refractivity contribution >= 4 is 41.1 Å². The number of ether oxygens (including phenoxy) is 2. The van der Waals surface area contributed by atoms with Crippen LogP contribution < -0.4 is 14.9 Å². The second-order valence-corrected chi connectivity index (χ2v) is 11.7. The number of nitrogens with zero attached hydrogens (tertiary/aromatic N) is 2. The number of thiazole rings is 1. The molecule has 0 spiro atoms. The molecule has 0 radical (unpaired) electrons. The lowest BCUT2D eigenvalue weighted by molar-refractivity contribution is -0.143. The number of benzene rings is 2. The predicted molar refractivity (Wildman–Crippen MR) is 163 cm³/mol. The van der Waals surface area contributed by atoms with Crippen molar-refractivity contribution in [1.29, 1.82) is 0 Å². The van der Waals surface area contributed by atoms with Gasteiger partial charge in [-0.15, -0.1) is 11.8 Å². The largest absolute Gasteiger partial charge is 0.462 e. The molecule has 8 nitrogen and oxygen atoms in total. The Hall–Kier alpha value is -4.15. The zero-order valence-electron chi connectivity index (χ0n) is 23.9. The highest BCUT2D eigenvalue weighted by atomic mass is 32.2. The van der Waals surface area contributed by atoms with E-state index in [1.807, 2.05) is 36.6 Å². The maximum atomic E-state index is 13.9. The van der Waals surface area contributed by atoms with Crippen LogP contribution in [-0.2, 0) is 14.3 Å². The van der Waals surface area contributed by atoms with Crippen molar-refractivity contribution in [2.24, 2.45) is 4.99 Å². The number of esters is 2. The van der Waals surface area contributed by atoms with Gasteiger partial charge in [0, 0.05) is 16.5 Å². The van der Waals surface area contributed by atoms with E-state index in [0.29, 0.717) is 43.3 Å². The standard InChI is InChI=1S/C32H30N2O6S2/c1-6-38-30(36)22-9-7-8-21(16-22)25-15-12-23(40-25)17-26-29(35)34-28(20-10-13-24(41-5)14-11-20)27(31(37)39-18(2)3)19(4)33-32(34)42-26/h7-18,28H,6H2,1-5H3/b26-17-/t28-/m1/s1. The molecule has 2 aromatic heterocycles. The molecule has 2 aromatic carbocycles. The highest BCUT2D eigenvalue weighted by Gasteiger charge is 2.33. The van der Waals surface area contributed by atoms with Gasteiger partial charge in [0.1, 0.15) is 11.5 Å². The van der Waals surface area contributed by atoms with Crippen LogP contribution in [0.15, 0.2) is 91.0 Å². The second-order valence-electron chi connectivity index (χ2n) is 9.81. The minimum atomic E-state index is -0.691. The highest BCUT2D eigenvalue weighted by molar-refractivity contribution is 7.98. The molecule has 0 aliphatic carbocycles. The van der Waals surface area contributed by atoms with Gasteiger partial charge in [-0.05, 0) is 75.9 Å². The lowest BCUT2D eigenvalue weighted by Crippen LogP contribution is -2.40. The Labute approximate surface area is 251 Å². The van der Waals surface area contributed by atoms with E-state index in [-0.39, 0.29) is 18.3 Å². The van der Waals surface area contributed by atoms with Crippen molar-refractivity contribution in [3.63, 3.8) is 0 Å². The first-order valence-corrected chi connectivity index (χ1v) is 15.5. The highest BCUT2D eigenvalue weighted by Crippen LogP contribution is 2.32. The third-order valence-electron chi connectivity index (χ3n) is 6.57. The summed E-state index contributed by atoms with van der Waals surface area (Å²) in [6.07, 6.45) is 3.33. The molecular formula is C32H30N2O6S2. The van der Waals surface area contributed by atoms with Crippen LogP contribution in [0, 0.1) is 0 Å². The van der Waals surface area contributed by atoms with Gasteiger partial charge in [0.15, 0.2) is 4.80 Å². The van der Waals surface area contributed by atoms with Gasteiger partial charge >= 0.3 is 11.9 Å². The molecule has 0 amide bonds. The molecule has 1 atom stereocenters. The lowest BCUT2D eigenvalue weighted by Gasteiger charge is -2.25. The van der Waals surface area contributed by atoms with Gasteiger partial charge in [-0.25, -0.2) is 14.6 Å². The molecule has 3 heterocycles. The zero-order chi connectivity index (χ0) is 30.0. The summed E-state index contributed by atoms with van der Waals surface area (Å²) in [6.45, 7) is 7.38. The number of aromatic nitrogens is 1. The third kappa shape index (κ3) is 5.91. The van der Waals surface area contributed by atoms with E-state index in [9.17, 15) is 14.4 Å². The van der Waals surface area contributed by atoms with Crippen LogP contribution in [0.1, 0.15) is 55.4 Å². The number of carbonyl (C=O) groups is 2. The van der Waals surface area contributed by atoms with Gasteiger partial charge in [0.25, 0.3) is 5.56 Å². The Morgan fingerprint density at radius 3 is 2.57 bits per heavy atom. The molecule has 1 aliphatic heterocycles. The fraction of sp³-hybridized carbons (Fsp3) is 0.250. The smallest absolute Gasteiger partial charge is 0.338 e. The normalized spacial score (nSPS) is 15.0. The monoisotopic (exact) mass is 602 g/mol. The molecule has 10 heteroatoms. The van der Waals surface area contributed by atoms with E-state index in [0.717, 1.165) is 10.5 Å². The number of hydrogen-bond donors (Lipinski definition) is 0. The number of hydrogen-bond acceptors (Lipinski definition) is 9. The first-order chi connectivity index (χ1) is 20.2. The summed E-state index contributed by atoms with van der Waals surface area (Å²) < 4.78 is 18.7. The second kappa shape index (κ2) is 12.4. The average Bonchev–Trinajstić information content (AvgIpc) is 3.56. The van der Waals surface area contributed by atoms with E-state index in [1.54, 1.807) is 80.4 Å². The summed E-state index contributed by atoms with van der Waals surface area (Å²) in [6, 6.07) is 17.6. The molecule has 42 heavy (non-hydrogen) atoms. The van der Waals surface area contributed by atoms with Gasteiger partial charge < -0.3 is 13.9 Å². The van der Waals surface area contributed by atoms with Crippen molar-refractivity contribution in [2.45, 2.75) is 44.7 Å². The van der Waals surface area contributed by atoms with E-state index < -0.39 is 18.0 Å². The Balaban J connectivity index is 1.57. The molecule has 0 saturated heterocycles. The van der Waals surface area contributed by atoms with Crippen LogP contribution in [0.3, 0.4) is 0 Å². The van der Waals surface area contributed by atoms with Crippen LogP contribution in [0.5, 0.6) is 0 Å². The number of rotatable bonds is 8. The molecule has 0 fully saturated rings. The molecule has 1 aliphatic rings. The van der Waals surface area contributed by atoms with Gasteiger partial charge in [0.05, 0.1) is 40.1 Å². The number of thioether (sulfide) groups is 1. The van der Waals surface area contributed by atoms with Gasteiger partial charge in [-0.2, -0.15) is 0 Å². The van der Waals surface area contributed by atoms with E-state index in [2.05, 4.69) is 4.99 Å². The van der Waals surface area contributed by atoms with Gasteiger partial charge in [-0.3, -0.25) is 9.36 Å². The molecule has 0 unspecified atom stereocenters. The van der Waals surface area contributed by atoms with E-state index >= 15 is 0 Å². The summed E-state index contributed by atoms with van der Waals surface area (Å²) in [5.41, 5.74) is 2.47. The Morgan fingerprint density at radius 1 is 1.12 bits per heavy atom. The van der Waals surface area contributed by atoms with Crippen molar-refractivity contribution in [1.82, 2.24) is 4.57 Å². The number of carbonyl (C=O) groups excluding carboxylic acids is 2. The quantitative estimate of drug-likeness (QED) is 0.198. The number of allylic oxidation sites excluding steroid dienone is 1. The van der Waals surface area contributed by atoms with Crippen LogP contribution >= 0.6 is 23.1 Å². The average molecular weight is 603 g/mol. The van der Waals surface area contributed by atoms with Gasteiger partial charge in [-0.1, -0.05) is 35.6 Å². The first-order valence-electron chi connectivity index (χ1n) is 13.4. The summed E-state index contributed by atoms with van der Waals surface area (Å²) in [5.74, 6) is 0.103. The summed E-state index contributed by atoms with van der Waals surface area (Å²) >= 11 is 2.84. The predicted octanol–water partition coefficient (Wildman–Crippen LogP) is 5.35. The van der Waals surface area contributed by atoms with Crippen LogP contribution in [0.4, 0.5) is 0 Å². The summed E-state index contributed by atoms with van der Waals surface area (Å²) in [7, 11) is 0. The Morgan fingerprint density at radius 2 is 1.88 bits per heavy atom. The Kier molecular flexibility index (Phi) is 8.65. The topological polar surface area (TPSA) is 100 Å². The minimum Gasteiger partial charge on any atom is -0.462 e. The molecule has 216 valence electrons. The molecular weight excluding hydrogens is 572 g/mol. The lowest BCUT2D eigenvalue weighted by atomic mass is 9.96. The summed E-state index contributed by atoms with van der Waals surface area (Å²) in [5, 5.41) is 0. The maximum Gasteiger partial charge on any atom is 0.338 e. The van der Waals surface area contributed by atoms with Crippen molar-refractivity contribution in [2.75, 3.05) is 12.9 Å². The van der Waals surface area contributed by atoms with Crippen molar-refractivity contribution in [3.05, 3.63) is 109 Å². The van der Waals surface area contributed by atoms with Crippen LogP contribution in [0.2, 0.25) is 0 Å². The molecule has 5 rings (SSSR count). The molecule has 0 N–H and O–H groups in total. The first kappa shape index (κ1) is 29.3. The molecule has 0 saturated carbocycles. The van der Waals surface area contributed by atoms with Crippen molar-refractivity contribution in [3.8, 4) is 11.3 Å². The number of furan rings is 1. The fourth-order valence-electron chi connectivity index (χ4n) is 4.69. The summed E-state index contributed by atoms with van der Waals surface area (Å²) in [4.78, 5) is 45.5. The maximum absolute atomic E-state index is 13.9. The Bertz CT molecular complexity index is 1860. The van der Waals surface area contributed by atoms with Crippen LogP contribution in [0.25, 0.3) is 17.4 Å². The molecule has 0 bridgehead atoms. The SMILES string of the molecule is CCOC(=O)c1cccc(-c2ccc(/C=c3\sc4n(c3=O)[C@H](c3ccc(SC)cc3)C(C(=O)OC(C)C)=C(C)N=4)o2)c1.